The van der Waals surface area contributed by atoms with Gasteiger partial charge in [-0.1, -0.05) is 135 Å². The van der Waals surface area contributed by atoms with E-state index < -0.39 is 0 Å². The first-order valence-electron chi connectivity index (χ1n) is 13.0. The molecule has 0 aliphatic rings. The van der Waals surface area contributed by atoms with Crippen molar-refractivity contribution in [3.8, 4) is 5.75 Å². The smallest absolute Gasteiger partial charge is 0.119 e. The summed E-state index contributed by atoms with van der Waals surface area (Å²) in [5, 5.41) is 10.5. The first-order chi connectivity index (χ1) is 14.2. The number of aromatic hydroxyl groups is 1. The van der Waals surface area contributed by atoms with Crippen molar-refractivity contribution >= 4 is 0 Å². The number of unbranched alkanes of at least 4 members (excludes halogenated alkanes) is 12. The second-order valence-corrected chi connectivity index (χ2v) is 9.15. The van der Waals surface area contributed by atoms with E-state index in [4.69, 9.17) is 0 Å². The number of rotatable bonds is 19. The summed E-state index contributed by atoms with van der Waals surface area (Å²) in [4.78, 5) is 0. The van der Waals surface area contributed by atoms with E-state index in [1.54, 1.807) is 0 Å². The summed E-state index contributed by atoms with van der Waals surface area (Å²) in [6, 6.07) is 8.12. The molecule has 0 amide bonds. The van der Waals surface area contributed by atoms with Crippen LogP contribution in [0.5, 0.6) is 5.75 Å². The summed E-state index contributed by atoms with van der Waals surface area (Å²) < 4.78 is 0. The van der Waals surface area contributed by atoms with Crippen molar-refractivity contribution < 1.29 is 5.11 Å². The van der Waals surface area contributed by atoms with E-state index >= 15 is 0 Å². The van der Waals surface area contributed by atoms with Crippen LogP contribution in [0.25, 0.3) is 0 Å². The van der Waals surface area contributed by atoms with Crippen LogP contribution in [0.15, 0.2) is 24.3 Å². The average Bonchev–Trinajstić information content (AvgIpc) is 2.74. The fourth-order valence-electron chi connectivity index (χ4n) is 4.82. The summed E-state index contributed by atoms with van der Waals surface area (Å²) in [5.74, 6) is 1.74. The van der Waals surface area contributed by atoms with Crippen molar-refractivity contribution in [2.45, 2.75) is 136 Å². The maximum Gasteiger partial charge on any atom is 0.119 e. The van der Waals surface area contributed by atoms with Crippen LogP contribution in [0.1, 0.15) is 141 Å². The van der Waals surface area contributed by atoms with Gasteiger partial charge in [0.2, 0.25) is 0 Å². The van der Waals surface area contributed by atoms with Crippen molar-refractivity contribution in [2.24, 2.45) is 5.92 Å². The van der Waals surface area contributed by atoms with Crippen LogP contribution in [-0.2, 0) is 0 Å². The number of benzene rings is 1. The Bertz CT molecular complexity index is 481. The van der Waals surface area contributed by atoms with Gasteiger partial charge in [-0.3, -0.25) is 0 Å². The molecule has 0 radical (unpaired) electrons. The van der Waals surface area contributed by atoms with Crippen LogP contribution in [0.3, 0.4) is 0 Å². The highest BCUT2D eigenvalue weighted by Gasteiger charge is 2.23. The van der Waals surface area contributed by atoms with E-state index in [9.17, 15) is 5.11 Å². The van der Waals surface area contributed by atoms with Gasteiger partial charge >= 0.3 is 0 Å². The van der Waals surface area contributed by atoms with Crippen LogP contribution < -0.4 is 0 Å². The highest BCUT2D eigenvalue weighted by molar-refractivity contribution is 5.35. The van der Waals surface area contributed by atoms with Crippen LogP contribution >= 0.6 is 0 Å². The molecule has 168 valence electrons. The van der Waals surface area contributed by atoms with Crippen LogP contribution in [0.4, 0.5) is 0 Å². The van der Waals surface area contributed by atoms with Gasteiger partial charge in [0, 0.05) is 0 Å². The summed E-state index contributed by atoms with van der Waals surface area (Å²) in [7, 11) is 0. The first-order valence-corrected chi connectivity index (χ1v) is 13.0. The minimum absolute atomic E-state index is 0.512. The summed E-state index contributed by atoms with van der Waals surface area (Å²) in [5.41, 5.74) is 1.20. The van der Waals surface area contributed by atoms with E-state index in [2.05, 4.69) is 32.9 Å². The molecule has 0 aliphatic heterocycles. The van der Waals surface area contributed by atoms with E-state index in [1.165, 1.54) is 115 Å². The Morgan fingerprint density at radius 3 is 1.62 bits per heavy atom. The molecule has 0 aromatic heterocycles. The molecule has 1 heteroatoms. The van der Waals surface area contributed by atoms with Gasteiger partial charge in [0.25, 0.3) is 0 Å². The molecule has 0 fully saturated rings. The largest absolute Gasteiger partial charge is 0.508 e. The van der Waals surface area contributed by atoms with Gasteiger partial charge in [-0.05, 0) is 36.3 Å². The predicted octanol–water partition coefficient (Wildman–Crippen LogP) is 9.78. The van der Waals surface area contributed by atoms with Gasteiger partial charge in [0.15, 0.2) is 0 Å². The number of hydrogen-bond acceptors (Lipinski definition) is 1. The molecule has 2 unspecified atom stereocenters. The molecule has 1 N–H and O–H groups in total. The maximum absolute atomic E-state index is 10.5. The van der Waals surface area contributed by atoms with Gasteiger partial charge < -0.3 is 5.11 Å². The van der Waals surface area contributed by atoms with Gasteiger partial charge in [-0.15, -0.1) is 0 Å². The Morgan fingerprint density at radius 1 is 0.621 bits per heavy atom. The van der Waals surface area contributed by atoms with Crippen molar-refractivity contribution in [2.75, 3.05) is 0 Å². The minimum atomic E-state index is 0.512. The second-order valence-electron chi connectivity index (χ2n) is 9.15. The minimum Gasteiger partial charge on any atom is -0.508 e. The summed E-state index contributed by atoms with van der Waals surface area (Å²) >= 11 is 0. The van der Waals surface area contributed by atoms with Crippen molar-refractivity contribution in [3.05, 3.63) is 29.8 Å². The van der Waals surface area contributed by atoms with E-state index in [1.807, 2.05) is 12.1 Å². The molecule has 1 rings (SSSR count). The van der Waals surface area contributed by atoms with Gasteiger partial charge in [-0.2, -0.15) is 0 Å². The van der Waals surface area contributed by atoms with Gasteiger partial charge in [0.05, 0.1) is 0 Å². The molecule has 0 heterocycles. The molecule has 1 aromatic carbocycles. The number of phenols is 1. The highest BCUT2D eigenvalue weighted by atomic mass is 16.3. The zero-order valence-electron chi connectivity index (χ0n) is 19.9. The van der Waals surface area contributed by atoms with Crippen LogP contribution in [-0.4, -0.2) is 5.11 Å². The lowest BCUT2D eigenvalue weighted by Gasteiger charge is -2.28. The van der Waals surface area contributed by atoms with E-state index in [-0.39, 0.29) is 0 Å². The summed E-state index contributed by atoms with van der Waals surface area (Å²) in [6.45, 7) is 6.92. The van der Waals surface area contributed by atoms with Gasteiger partial charge in [-0.25, -0.2) is 0 Å². The zero-order chi connectivity index (χ0) is 21.2. The molecule has 1 nitrogen and oxygen atoms in total. The molecule has 0 bridgehead atoms. The third kappa shape index (κ3) is 11.7. The number of para-hydroxylation sites is 1. The lowest BCUT2D eigenvalue weighted by atomic mass is 9.77. The van der Waals surface area contributed by atoms with Crippen molar-refractivity contribution in [3.63, 3.8) is 0 Å². The molecule has 1 aromatic rings. The predicted molar refractivity (Wildman–Crippen MR) is 130 cm³/mol. The second kappa shape index (κ2) is 17.8. The highest BCUT2D eigenvalue weighted by Crippen LogP contribution is 2.39. The van der Waals surface area contributed by atoms with E-state index in [0.717, 1.165) is 0 Å². The summed E-state index contributed by atoms with van der Waals surface area (Å²) in [6.07, 6.45) is 23.0. The molecular formula is C28H50O. The third-order valence-electron chi connectivity index (χ3n) is 6.73. The van der Waals surface area contributed by atoms with Crippen molar-refractivity contribution in [1.29, 1.82) is 0 Å². The van der Waals surface area contributed by atoms with Crippen LogP contribution in [0.2, 0.25) is 0 Å². The Labute approximate surface area is 182 Å². The molecule has 0 saturated heterocycles. The van der Waals surface area contributed by atoms with Crippen LogP contribution in [0, 0.1) is 5.92 Å². The number of phenolic OH excluding ortho intramolecular Hbond substituents is 1. The fraction of sp³-hybridized carbons (Fsp3) is 0.786. The molecule has 0 spiro atoms. The standard InChI is InChI=1S/C28H50O/c1-4-7-9-11-12-13-14-16-18-22-26(27-23-19-20-24-28(27)29)25(6-3)21-17-15-10-8-5-2/h19-20,23-26,29H,4-18,21-22H2,1-3H3. The quantitative estimate of drug-likeness (QED) is 0.228. The Balaban J connectivity index is 2.48. The van der Waals surface area contributed by atoms with Gasteiger partial charge in [0.1, 0.15) is 5.75 Å². The Morgan fingerprint density at radius 2 is 1.10 bits per heavy atom. The average molecular weight is 403 g/mol. The van der Waals surface area contributed by atoms with Crippen molar-refractivity contribution in [1.82, 2.24) is 0 Å². The molecule has 0 aliphatic carbocycles. The first kappa shape index (κ1) is 26.1. The zero-order valence-corrected chi connectivity index (χ0v) is 19.9. The Hall–Kier alpha value is -0.980. The SMILES string of the molecule is CCCCCCCCCCCC(c1ccccc1O)C(CC)CCCCCCC. The fourth-order valence-corrected chi connectivity index (χ4v) is 4.82. The van der Waals surface area contributed by atoms with E-state index in [0.29, 0.717) is 17.6 Å². The monoisotopic (exact) mass is 402 g/mol. The lowest BCUT2D eigenvalue weighted by Crippen LogP contribution is -2.13. The Kier molecular flexibility index (Phi) is 16.0. The topological polar surface area (TPSA) is 20.2 Å². The lowest BCUT2D eigenvalue weighted by molar-refractivity contribution is 0.333. The molecule has 29 heavy (non-hydrogen) atoms. The molecule has 2 atom stereocenters. The molecular weight excluding hydrogens is 352 g/mol. The normalized spacial score (nSPS) is 13.5. The third-order valence-corrected chi connectivity index (χ3v) is 6.73. The maximum atomic E-state index is 10.5. The number of hydrogen-bond donors (Lipinski definition) is 1. The molecule has 0 saturated carbocycles.